The van der Waals surface area contributed by atoms with Gasteiger partial charge in [0.15, 0.2) is 5.72 Å². The van der Waals surface area contributed by atoms with E-state index in [4.69, 9.17) is 0 Å². The molecule has 2 aromatic carbocycles. The van der Waals surface area contributed by atoms with Gasteiger partial charge in [-0.3, -0.25) is 5.32 Å². The average molecular weight is 409 g/mol. The number of alkyl halides is 3. The van der Waals surface area contributed by atoms with Gasteiger partial charge in [0.2, 0.25) is 0 Å². The highest BCUT2D eigenvalue weighted by molar-refractivity contribution is 5.44. The van der Waals surface area contributed by atoms with Gasteiger partial charge in [0.05, 0.1) is 11.9 Å². The van der Waals surface area contributed by atoms with Crippen molar-refractivity contribution >= 4 is 0 Å². The second-order valence-corrected chi connectivity index (χ2v) is 6.77. The lowest BCUT2D eigenvalue weighted by molar-refractivity contribution is -0.137. The topological polar surface area (TPSA) is 81.2 Å². The van der Waals surface area contributed by atoms with E-state index < -0.39 is 35.1 Å². The van der Waals surface area contributed by atoms with Gasteiger partial charge in [-0.1, -0.05) is 12.1 Å². The molecule has 5 nitrogen and oxygen atoms in total. The fourth-order valence-corrected chi connectivity index (χ4v) is 3.16. The van der Waals surface area contributed by atoms with Gasteiger partial charge < -0.3 is 15.2 Å². The molecule has 1 unspecified atom stereocenters. The Morgan fingerprint density at radius 3 is 2.31 bits per heavy atom. The van der Waals surface area contributed by atoms with E-state index in [2.05, 4.69) is 15.3 Å². The Morgan fingerprint density at radius 2 is 1.76 bits per heavy atom. The molecule has 3 aromatic rings. The summed E-state index contributed by atoms with van der Waals surface area (Å²) in [4.78, 5) is 6.83. The van der Waals surface area contributed by atoms with Crippen molar-refractivity contribution in [3.63, 3.8) is 0 Å². The molecule has 29 heavy (non-hydrogen) atoms. The molecule has 0 amide bonds. The van der Waals surface area contributed by atoms with Crippen LogP contribution in [0.1, 0.15) is 29.3 Å². The third-order valence-electron chi connectivity index (χ3n) is 4.52. The van der Waals surface area contributed by atoms with Gasteiger partial charge in [-0.15, -0.1) is 0 Å². The number of aliphatic hydroxyl groups is 1. The Hall–Kier alpha value is -2.91. The lowest BCUT2D eigenvalue weighted by atomic mass is 9.91. The van der Waals surface area contributed by atoms with Gasteiger partial charge in [-0.05, 0) is 31.2 Å². The van der Waals surface area contributed by atoms with Crippen molar-refractivity contribution in [3.05, 3.63) is 83.2 Å². The normalized spacial score (nSPS) is 15.1. The zero-order valence-corrected chi connectivity index (χ0v) is 15.3. The first kappa shape index (κ1) is 20.8. The smallest absolute Gasteiger partial charge is 0.416 e. The average Bonchev–Trinajstić information content (AvgIpc) is 3.13. The number of phenolic OH excluding ortho intramolecular Hbond substituents is 1. The number of hydrogen-bond acceptors (Lipinski definition) is 4. The molecule has 0 radical (unpaired) electrons. The number of aromatic nitrogens is 2. The maximum atomic E-state index is 13.4. The van der Waals surface area contributed by atoms with Gasteiger partial charge >= 0.3 is 6.18 Å². The second kappa shape index (κ2) is 7.84. The van der Waals surface area contributed by atoms with Crippen LogP contribution in [0.15, 0.2) is 55.0 Å². The van der Waals surface area contributed by atoms with E-state index in [0.717, 1.165) is 42.1 Å². The largest absolute Gasteiger partial charge is 0.507 e. The Labute approximate surface area is 164 Å². The first-order chi connectivity index (χ1) is 13.6. The third-order valence-corrected chi connectivity index (χ3v) is 4.52. The summed E-state index contributed by atoms with van der Waals surface area (Å²) >= 11 is 0. The predicted molar refractivity (Wildman–Crippen MR) is 97.4 cm³/mol. The molecular weight excluding hydrogens is 390 g/mol. The van der Waals surface area contributed by atoms with Crippen molar-refractivity contribution in [1.29, 1.82) is 0 Å². The van der Waals surface area contributed by atoms with Gasteiger partial charge in [-0.2, -0.15) is 13.2 Å². The Morgan fingerprint density at radius 1 is 1.10 bits per heavy atom. The highest BCUT2D eigenvalue weighted by Crippen LogP contribution is 2.36. The van der Waals surface area contributed by atoms with Gasteiger partial charge in [0.1, 0.15) is 11.6 Å². The SMILES string of the molecule is C[C@H](Cc1cnc[nH]1)NC(O)(c1ccc(C(F)(F)F)cc1)c1ccc(F)cc1O. The van der Waals surface area contributed by atoms with Crippen LogP contribution in [-0.4, -0.2) is 26.2 Å². The zero-order chi connectivity index (χ0) is 21.2. The molecule has 2 atom stereocenters. The van der Waals surface area contributed by atoms with E-state index in [9.17, 15) is 27.8 Å². The molecule has 154 valence electrons. The number of H-pyrrole nitrogens is 1. The summed E-state index contributed by atoms with van der Waals surface area (Å²) in [5.41, 5.74) is -2.21. The summed E-state index contributed by atoms with van der Waals surface area (Å²) in [5.74, 6) is -1.25. The first-order valence-electron chi connectivity index (χ1n) is 8.73. The minimum absolute atomic E-state index is 0.0591. The van der Waals surface area contributed by atoms with Crippen LogP contribution in [0.2, 0.25) is 0 Å². The zero-order valence-electron chi connectivity index (χ0n) is 15.3. The molecule has 0 spiro atoms. The summed E-state index contributed by atoms with van der Waals surface area (Å²) in [5, 5.41) is 24.6. The molecule has 0 fully saturated rings. The maximum Gasteiger partial charge on any atom is 0.416 e. The maximum absolute atomic E-state index is 13.4. The van der Waals surface area contributed by atoms with Crippen molar-refractivity contribution in [3.8, 4) is 5.75 Å². The number of nitrogens with zero attached hydrogens (tertiary/aromatic N) is 1. The summed E-state index contributed by atoms with van der Waals surface area (Å²) in [7, 11) is 0. The molecule has 0 aliphatic rings. The molecule has 0 saturated carbocycles. The molecule has 1 aromatic heterocycles. The highest BCUT2D eigenvalue weighted by atomic mass is 19.4. The molecule has 0 aliphatic heterocycles. The lowest BCUT2D eigenvalue weighted by Crippen LogP contribution is -2.48. The van der Waals surface area contributed by atoms with Gasteiger partial charge in [0, 0.05) is 41.5 Å². The minimum Gasteiger partial charge on any atom is -0.507 e. The van der Waals surface area contributed by atoms with Crippen LogP contribution in [0.3, 0.4) is 0 Å². The standard InChI is InChI=1S/C20H19F4N3O2/c1-12(8-16-10-25-11-26-16)27-19(29,17-7-6-15(21)9-18(17)28)13-2-4-14(5-3-13)20(22,23)24/h2-7,9-12,27-29H,8H2,1H3,(H,25,26)/t12-,19?/m1/s1. The fourth-order valence-electron chi connectivity index (χ4n) is 3.16. The van der Waals surface area contributed by atoms with Crippen molar-refractivity contribution in [2.45, 2.75) is 31.3 Å². The van der Waals surface area contributed by atoms with E-state index in [-0.39, 0.29) is 11.1 Å². The molecule has 4 N–H and O–H groups in total. The molecular formula is C20H19F4N3O2. The number of phenols is 1. The Kier molecular flexibility index (Phi) is 5.63. The molecule has 3 rings (SSSR count). The minimum atomic E-state index is -4.53. The molecule has 1 heterocycles. The monoisotopic (exact) mass is 409 g/mol. The molecule has 0 saturated heterocycles. The summed E-state index contributed by atoms with van der Waals surface area (Å²) in [6, 6.07) is 6.55. The van der Waals surface area contributed by atoms with Crippen LogP contribution in [0.4, 0.5) is 17.6 Å². The summed E-state index contributed by atoms with van der Waals surface area (Å²) in [6.45, 7) is 1.75. The lowest BCUT2D eigenvalue weighted by Gasteiger charge is -2.34. The number of rotatable bonds is 6. The number of aromatic amines is 1. The summed E-state index contributed by atoms with van der Waals surface area (Å²) in [6.07, 6.45) is -1.03. The van der Waals surface area contributed by atoms with E-state index >= 15 is 0 Å². The Bertz CT molecular complexity index is 959. The van der Waals surface area contributed by atoms with Crippen LogP contribution in [0.5, 0.6) is 5.75 Å². The first-order valence-corrected chi connectivity index (χ1v) is 8.73. The van der Waals surface area contributed by atoms with E-state index in [1.165, 1.54) is 12.4 Å². The van der Waals surface area contributed by atoms with E-state index in [0.29, 0.717) is 6.42 Å². The van der Waals surface area contributed by atoms with Crippen LogP contribution < -0.4 is 5.32 Å². The highest BCUT2D eigenvalue weighted by Gasteiger charge is 2.37. The number of aromatic hydroxyl groups is 1. The van der Waals surface area contributed by atoms with E-state index in [1.54, 1.807) is 13.1 Å². The number of benzene rings is 2. The van der Waals surface area contributed by atoms with Crippen LogP contribution in [-0.2, 0) is 18.3 Å². The van der Waals surface area contributed by atoms with Crippen LogP contribution in [0, 0.1) is 5.82 Å². The Balaban J connectivity index is 2.01. The molecule has 0 bridgehead atoms. The number of hydrogen-bond donors (Lipinski definition) is 4. The van der Waals surface area contributed by atoms with Crippen LogP contribution >= 0.6 is 0 Å². The number of imidazole rings is 1. The fraction of sp³-hybridized carbons (Fsp3) is 0.250. The number of halogens is 4. The van der Waals surface area contributed by atoms with Crippen molar-refractivity contribution in [2.75, 3.05) is 0 Å². The second-order valence-electron chi connectivity index (χ2n) is 6.77. The van der Waals surface area contributed by atoms with Gasteiger partial charge in [-0.25, -0.2) is 9.37 Å². The molecule has 0 aliphatic carbocycles. The third kappa shape index (κ3) is 4.57. The van der Waals surface area contributed by atoms with Crippen LogP contribution in [0.25, 0.3) is 0 Å². The number of nitrogens with one attached hydrogen (secondary N) is 2. The molecule has 9 heteroatoms. The van der Waals surface area contributed by atoms with Crippen molar-refractivity contribution in [2.24, 2.45) is 0 Å². The quantitative estimate of drug-likeness (QED) is 0.370. The van der Waals surface area contributed by atoms with E-state index in [1.807, 2.05) is 0 Å². The summed E-state index contributed by atoms with van der Waals surface area (Å²) < 4.78 is 52.1. The van der Waals surface area contributed by atoms with Crippen molar-refractivity contribution in [1.82, 2.24) is 15.3 Å². The predicted octanol–water partition coefficient (Wildman–Crippen LogP) is 3.69. The van der Waals surface area contributed by atoms with Crippen molar-refractivity contribution < 1.29 is 27.8 Å². The van der Waals surface area contributed by atoms with Gasteiger partial charge in [0.25, 0.3) is 0 Å².